The number of para-hydroxylation sites is 1. The van der Waals surface area contributed by atoms with Gasteiger partial charge in [-0.15, -0.1) is 0 Å². The highest BCUT2D eigenvalue weighted by Gasteiger charge is 2.11. The monoisotopic (exact) mass is 244 g/mol. The molecule has 91 valence electrons. The Balaban J connectivity index is 2.24. The first kappa shape index (κ1) is 11.2. The molecule has 0 fully saturated rings. The maximum atomic E-state index is 12.4. The summed E-state index contributed by atoms with van der Waals surface area (Å²) >= 11 is 0. The fourth-order valence-corrected chi connectivity index (χ4v) is 2.41. The van der Waals surface area contributed by atoms with E-state index in [1.165, 1.54) is 0 Å². The first-order valence-corrected chi connectivity index (χ1v) is 5.92. The normalized spacial score (nSPS) is 11.7. The number of hydrogen-bond donors (Lipinski definition) is 0. The van der Waals surface area contributed by atoms with Crippen LogP contribution in [0.25, 0.3) is 21.8 Å². The van der Waals surface area contributed by atoms with Crippen molar-refractivity contribution in [2.45, 2.75) is 19.4 Å². The predicted molar refractivity (Wildman–Crippen MR) is 68.9 cm³/mol. The van der Waals surface area contributed by atoms with Gasteiger partial charge >= 0.3 is 0 Å². The molecule has 1 nitrogen and oxygen atoms in total. The molecule has 1 aromatic heterocycles. The van der Waals surface area contributed by atoms with E-state index in [4.69, 9.17) is 0 Å². The van der Waals surface area contributed by atoms with Gasteiger partial charge in [0.1, 0.15) is 0 Å². The Morgan fingerprint density at radius 1 is 1.06 bits per heavy atom. The smallest absolute Gasteiger partial charge is 0.240 e. The molecule has 3 rings (SSSR count). The molecule has 0 amide bonds. The summed E-state index contributed by atoms with van der Waals surface area (Å²) in [6, 6.07) is 16.6. The Bertz CT molecular complexity index is 632. The molecule has 0 aliphatic carbocycles. The SMILES string of the molecule is FC(F)CCn1c2cc[c]cc2c2ccccc21. The molecule has 1 heterocycles. The number of halogens is 2. The van der Waals surface area contributed by atoms with Crippen molar-refractivity contribution in [3.63, 3.8) is 0 Å². The van der Waals surface area contributed by atoms with Crippen LogP contribution in [0.5, 0.6) is 0 Å². The van der Waals surface area contributed by atoms with Crippen molar-refractivity contribution < 1.29 is 8.78 Å². The van der Waals surface area contributed by atoms with Crippen LogP contribution in [0.1, 0.15) is 6.42 Å². The second-order valence-electron chi connectivity index (χ2n) is 4.29. The highest BCUT2D eigenvalue weighted by atomic mass is 19.3. The topological polar surface area (TPSA) is 4.93 Å². The molecule has 3 aromatic rings. The van der Waals surface area contributed by atoms with E-state index in [1.807, 2.05) is 47.0 Å². The van der Waals surface area contributed by atoms with Crippen molar-refractivity contribution in [3.8, 4) is 0 Å². The fourth-order valence-electron chi connectivity index (χ4n) is 2.41. The summed E-state index contributed by atoms with van der Waals surface area (Å²) in [7, 11) is 0. The Kier molecular flexibility index (Phi) is 2.74. The molecule has 0 spiro atoms. The summed E-state index contributed by atoms with van der Waals surface area (Å²) in [5, 5.41) is 2.17. The molecule has 0 aliphatic heterocycles. The standard InChI is InChI=1S/C15H12F2N/c16-15(17)9-10-18-13-7-3-1-5-11(13)12-6-2-4-8-14(12)18/h1,3-8,15H,9-10H2. The minimum absolute atomic E-state index is 0.119. The van der Waals surface area contributed by atoms with Crippen molar-refractivity contribution in [1.82, 2.24) is 4.57 Å². The fraction of sp³-hybridized carbons (Fsp3) is 0.200. The quantitative estimate of drug-likeness (QED) is 0.649. The lowest BCUT2D eigenvalue weighted by molar-refractivity contribution is 0.132. The molecule has 2 aromatic carbocycles. The van der Waals surface area contributed by atoms with E-state index in [9.17, 15) is 8.78 Å². The van der Waals surface area contributed by atoms with Crippen LogP contribution in [0.15, 0.2) is 42.5 Å². The molecule has 0 atom stereocenters. The summed E-state index contributed by atoms with van der Waals surface area (Å²) < 4.78 is 26.8. The van der Waals surface area contributed by atoms with Crippen molar-refractivity contribution in [1.29, 1.82) is 0 Å². The van der Waals surface area contributed by atoms with E-state index >= 15 is 0 Å². The Labute approximate surface area is 104 Å². The number of rotatable bonds is 3. The van der Waals surface area contributed by atoms with Gasteiger partial charge in [-0.05, 0) is 24.3 Å². The predicted octanol–water partition coefficient (Wildman–Crippen LogP) is 4.25. The maximum Gasteiger partial charge on any atom is 0.240 e. The van der Waals surface area contributed by atoms with Crippen LogP contribution in [-0.2, 0) is 6.54 Å². The van der Waals surface area contributed by atoms with Gasteiger partial charge in [0.25, 0.3) is 0 Å². The number of fused-ring (bicyclic) bond motifs is 3. The first-order chi connectivity index (χ1) is 8.77. The minimum atomic E-state index is -2.27. The van der Waals surface area contributed by atoms with Crippen LogP contribution in [0.4, 0.5) is 8.78 Å². The number of benzene rings is 2. The average molecular weight is 244 g/mol. The lowest BCUT2D eigenvalue weighted by Gasteiger charge is -2.06. The van der Waals surface area contributed by atoms with Gasteiger partial charge in [-0.2, -0.15) is 0 Å². The van der Waals surface area contributed by atoms with Gasteiger partial charge in [0.15, 0.2) is 0 Å². The zero-order chi connectivity index (χ0) is 12.5. The van der Waals surface area contributed by atoms with Gasteiger partial charge in [-0.25, -0.2) is 8.78 Å². The number of aromatic nitrogens is 1. The summed E-state index contributed by atoms with van der Waals surface area (Å²) in [5.41, 5.74) is 2.00. The van der Waals surface area contributed by atoms with Gasteiger partial charge in [0.2, 0.25) is 6.43 Å². The van der Waals surface area contributed by atoms with Gasteiger partial charge in [0, 0.05) is 34.8 Å². The molecular formula is C15H12F2N. The molecule has 0 saturated heterocycles. The van der Waals surface area contributed by atoms with Gasteiger partial charge < -0.3 is 4.57 Å². The minimum Gasteiger partial charge on any atom is -0.340 e. The van der Waals surface area contributed by atoms with Crippen molar-refractivity contribution in [3.05, 3.63) is 48.5 Å². The van der Waals surface area contributed by atoms with Crippen molar-refractivity contribution in [2.75, 3.05) is 0 Å². The molecule has 0 N–H and O–H groups in total. The number of hydrogen-bond acceptors (Lipinski definition) is 0. The Morgan fingerprint density at radius 2 is 1.83 bits per heavy atom. The molecule has 0 saturated carbocycles. The third-order valence-electron chi connectivity index (χ3n) is 3.19. The van der Waals surface area contributed by atoms with E-state index < -0.39 is 6.43 Å². The van der Waals surface area contributed by atoms with Crippen LogP contribution in [0.3, 0.4) is 0 Å². The maximum absolute atomic E-state index is 12.4. The largest absolute Gasteiger partial charge is 0.340 e. The van der Waals surface area contributed by atoms with E-state index in [0.717, 1.165) is 21.8 Å². The second kappa shape index (κ2) is 4.41. The average Bonchev–Trinajstić information content (AvgIpc) is 2.71. The van der Waals surface area contributed by atoms with Gasteiger partial charge in [-0.1, -0.05) is 24.3 Å². The Morgan fingerprint density at radius 3 is 2.67 bits per heavy atom. The summed E-state index contributed by atoms with van der Waals surface area (Å²) in [4.78, 5) is 0. The molecule has 0 unspecified atom stereocenters. The number of nitrogens with zero attached hydrogens (tertiary/aromatic N) is 1. The summed E-state index contributed by atoms with van der Waals surface area (Å²) in [6.45, 7) is 0.339. The molecule has 0 bridgehead atoms. The van der Waals surface area contributed by atoms with Gasteiger partial charge in [0.05, 0.1) is 0 Å². The first-order valence-electron chi connectivity index (χ1n) is 5.92. The zero-order valence-electron chi connectivity index (χ0n) is 9.74. The van der Waals surface area contributed by atoms with Crippen molar-refractivity contribution in [2.24, 2.45) is 0 Å². The third kappa shape index (κ3) is 1.76. The highest BCUT2D eigenvalue weighted by molar-refractivity contribution is 6.07. The van der Waals surface area contributed by atoms with Crippen LogP contribution >= 0.6 is 0 Å². The third-order valence-corrected chi connectivity index (χ3v) is 3.19. The van der Waals surface area contributed by atoms with E-state index in [1.54, 1.807) is 0 Å². The Hall–Kier alpha value is -1.90. The van der Waals surface area contributed by atoms with E-state index in [-0.39, 0.29) is 6.42 Å². The van der Waals surface area contributed by atoms with E-state index in [0.29, 0.717) is 6.54 Å². The van der Waals surface area contributed by atoms with Crippen LogP contribution < -0.4 is 0 Å². The number of alkyl halides is 2. The van der Waals surface area contributed by atoms with Crippen LogP contribution in [0, 0.1) is 6.07 Å². The van der Waals surface area contributed by atoms with Crippen LogP contribution in [0.2, 0.25) is 0 Å². The number of aryl methyl sites for hydroxylation is 1. The molecule has 0 aliphatic rings. The van der Waals surface area contributed by atoms with Gasteiger partial charge in [-0.3, -0.25) is 0 Å². The molecule has 3 heteroatoms. The second-order valence-corrected chi connectivity index (χ2v) is 4.29. The molecule has 18 heavy (non-hydrogen) atoms. The summed E-state index contributed by atoms with van der Waals surface area (Å²) in [5.74, 6) is 0. The van der Waals surface area contributed by atoms with Crippen molar-refractivity contribution >= 4 is 21.8 Å². The van der Waals surface area contributed by atoms with E-state index in [2.05, 4.69) is 6.07 Å². The molecular weight excluding hydrogens is 232 g/mol. The lowest BCUT2D eigenvalue weighted by Crippen LogP contribution is -2.02. The lowest BCUT2D eigenvalue weighted by atomic mass is 10.2. The zero-order valence-corrected chi connectivity index (χ0v) is 9.74. The summed E-state index contributed by atoms with van der Waals surface area (Å²) in [6.07, 6.45) is -2.39. The highest BCUT2D eigenvalue weighted by Crippen LogP contribution is 2.28. The van der Waals surface area contributed by atoms with Crippen LogP contribution in [-0.4, -0.2) is 11.0 Å². The molecule has 1 radical (unpaired) electrons.